The number of thiocarbonyl (C=S) groups is 1. The van der Waals surface area contributed by atoms with E-state index in [0.717, 1.165) is 40.9 Å². The van der Waals surface area contributed by atoms with E-state index in [2.05, 4.69) is 44.0 Å². The normalized spacial score (nSPS) is 18.5. The lowest BCUT2D eigenvalue weighted by Crippen LogP contribution is -2.54. The Morgan fingerprint density at radius 3 is 2.51 bits per heavy atom. The molecule has 2 heterocycles. The van der Waals surface area contributed by atoms with Gasteiger partial charge in [0.1, 0.15) is 5.57 Å². The predicted molar refractivity (Wildman–Crippen MR) is 149 cm³/mol. The molecule has 4 rings (SSSR count). The van der Waals surface area contributed by atoms with Gasteiger partial charge in [0, 0.05) is 22.8 Å². The van der Waals surface area contributed by atoms with Crippen LogP contribution in [0.2, 0.25) is 5.02 Å². The quantitative estimate of drug-likeness (QED) is 0.304. The molecule has 1 N–H and O–H groups in total. The molecule has 2 amide bonds. The second-order valence-corrected chi connectivity index (χ2v) is 10.5. The number of hydrogen-bond acceptors (Lipinski definition) is 4. The van der Waals surface area contributed by atoms with Gasteiger partial charge in [-0.15, -0.1) is 0 Å². The summed E-state index contributed by atoms with van der Waals surface area (Å²) in [5.41, 5.74) is 6.29. The standard InChI is InChI=1S/C28H30ClN3O2S/c1-7-11-31-24-14-22(29)19(12-20(24)17(3)15-28(31,5)6)13-21-25(33)30-27(35)32(26(21)34)23-10-8-9-16(2)18(23)4/h8-10,12-15H,7,11H2,1-6H3,(H,30,33,35)/b21-13-. The first-order valence-corrected chi connectivity index (χ1v) is 12.5. The summed E-state index contributed by atoms with van der Waals surface area (Å²) < 4.78 is 0. The highest BCUT2D eigenvalue weighted by Crippen LogP contribution is 2.42. The van der Waals surface area contributed by atoms with Gasteiger partial charge in [-0.2, -0.15) is 0 Å². The molecule has 0 spiro atoms. The summed E-state index contributed by atoms with van der Waals surface area (Å²) in [6.45, 7) is 13.4. The van der Waals surface area contributed by atoms with Crippen LogP contribution >= 0.6 is 23.8 Å². The number of carbonyl (C=O) groups excluding carboxylic acids is 2. The molecule has 1 fully saturated rings. The molecule has 2 aromatic rings. The zero-order valence-corrected chi connectivity index (χ0v) is 22.5. The van der Waals surface area contributed by atoms with Gasteiger partial charge in [-0.1, -0.05) is 36.7 Å². The maximum Gasteiger partial charge on any atom is 0.270 e. The van der Waals surface area contributed by atoms with E-state index in [1.807, 2.05) is 44.2 Å². The number of benzene rings is 2. The molecule has 2 aliphatic heterocycles. The Labute approximate surface area is 217 Å². The number of amides is 2. The zero-order chi connectivity index (χ0) is 25.7. The first kappa shape index (κ1) is 25.1. The topological polar surface area (TPSA) is 52.7 Å². The number of rotatable bonds is 4. The van der Waals surface area contributed by atoms with Crippen molar-refractivity contribution in [3.63, 3.8) is 0 Å². The van der Waals surface area contributed by atoms with Gasteiger partial charge in [0.05, 0.1) is 11.2 Å². The fourth-order valence-electron chi connectivity index (χ4n) is 4.87. The van der Waals surface area contributed by atoms with Gasteiger partial charge in [0.15, 0.2) is 5.11 Å². The third-order valence-corrected chi connectivity index (χ3v) is 7.37. The number of carbonyl (C=O) groups is 2. The van der Waals surface area contributed by atoms with Gasteiger partial charge >= 0.3 is 0 Å². The van der Waals surface area contributed by atoms with Gasteiger partial charge in [-0.25, -0.2) is 0 Å². The number of fused-ring (bicyclic) bond motifs is 1. The van der Waals surface area contributed by atoms with Crippen LogP contribution in [0.15, 0.2) is 42.0 Å². The molecule has 0 atom stereocenters. The van der Waals surface area contributed by atoms with Crippen LogP contribution in [0.5, 0.6) is 0 Å². The number of hydrogen-bond donors (Lipinski definition) is 1. The molecular weight excluding hydrogens is 478 g/mol. The minimum Gasteiger partial charge on any atom is -0.362 e. The number of nitrogens with zero attached hydrogens (tertiary/aromatic N) is 2. The second kappa shape index (κ2) is 9.25. The lowest BCUT2D eigenvalue weighted by molar-refractivity contribution is -0.122. The van der Waals surface area contributed by atoms with E-state index in [9.17, 15) is 9.59 Å². The van der Waals surface area contributed by atoms with Crippen molar-refractivity contribution in [2.45, 2.75) is 53.5 Å². The Bertz CT molecular complexity index is 1330. The number of halogens is 1. The average Bonchev–Trinajstić information content (AvgIpc) is 2.77. The minimum atomic E-state index is -0.531. The fraction of sp³-hybridized carbons (Fsp3) is 0.321. The molecule has 0 aromatic heterocycles. The van der Waals surface area contributed by atoms with E-state index in [1.54, 1.807) is 6.08 Å². The van der Waals surface area contributed by atoms with Crippen molar-refractivity contribution in [2.75, 3.05) is 16.3 Å². The summed E-state index contributed by atoms with van der Waals surface area (Å²) in [7, 11) is 0. The van der Waals surface area contributed by atoms with Crippen LogP contribution in [0.25, 0.3) is 11.6 Å². The SMILES string of the molecule is CCCN1c2cc(Cl)c(/C=C3/C(=O)NC(=S)N(c4cccc(C)c4C)C3=O)cc2C(C)=CC1(C)C. The molecule has 0 saturated carbocycles. The second-order valence-electron chi connectivity index (χ2n) is 9.70. The molecule has 35 heavy (non-hydrogen) atoms. The Hall–Kier alpha value is -2.96. The van der Waals surface area contributed by atoms with E-state index >= 15 is 0 Å². The van der Waals surface area contributed by atoms with Crippen LogP contribution < -0.4 is 15.1 Å². The van der Waals surface area contributed by atoms with Crippen molar-refractivity contribution in [3.05, 3.63) is 69.3 Å². The molecular formula is C28H30ClN3O2S. The highest BCUT2D eigenvalue weighted by Gasteiger charge is 2.36. The van der Waals surface area contributed by atoms with Crippen molar-refractivity contribution in [2.24, 2.45) is 0 Å². The maximum absolute atomic E-state index is 13.5. The van der Waals surface area contributed by atoms with Crippen LogP contribution in [0.1, 0.15) is 56.4 Å². The largest absolute Gasteiger partial charge is 0.362 e. The van der Waals surface area contributed by atoms with Crippen LogP contribution in [0.4, 0.5) is 11.4 Å². The van der Waals surface area contributed by atoms with Crippen LogP contribution in [-0.4, -0.2) is 29.0 Å². The maximum atomic E-state index is 13.5. The van der Waals surface area contributed by atoms with E-state index in [-0.39, 0.29) is 16.2 Å². The third kappa shape index (κ3) is 4.41. The third-order valence-electron chi connectivity index (χ3n) is 6.76. The molecule has 2 aromatic carbocycles. The van der Waals surface area contributed by atoms with Gasteiger partial charge in [0.2, 0.25) is 0 Å². The van der Waals surface area contributed by atoms with Gasteiger partial charge in [-0.3, -0.25) is 19.8 Å². The predicted octanol–water partition coefficient (Wildman–Crippen LogP) is 6.20. The van der Waals surface area contributed by atoms with Gasteiger partial charge in [-0.05, 0) is 99.8 Å². The van der Waals surface area contributed by atoms with Crippen LogP contribution in [0, 0.1) is 13.8 Å². The Balaban J connectivity index is 1.81. The first-order chi connectivity index (χ1) is 16.5. The van der Waals surface area contributed by atoms with Crippen LogP contribution in [0.3, 0.4) is 0 Å². The highest BCUT2D eigenvalue weighted by atomic mass is 35.5. The fourth-order valence-corrected chi connectivity index (χ4v) is 5.35. The lowest BCUT2D eigenvalue weighted by atomic mass is 9.87. The number of nitrogens with one attached hydrogen (secondary N) is 1. The van der Waals surface area contributed by atoms with E-state index in [1.165, 1.54) is 4.90 Å². The number of allylic oxidation sites excluding steroid dienone is 1. The summed E-state index contributed by atoms with van der Waals surface area (Å²) in [4.78, 5) is 30.1. The van der Waals surface area contributed by atoms with Crippen molar-refractivity contribution in [1.29, 1.82) is 0 Å². The van der Waals surface area contributed by atoms with Gasteiger partial charge < -0.3 is 4.90 Å². The zero-order valence-electron chi connectivity index (χ0n) is 21.0. The summed E-state index contributed by atoms with van der Waals surface area (Å²) in [6, 6.07) is 9.56. The Morgan fingerprint density at radius 1 is 1.11 bits per heavy atom. The highest BCUT2D eigenvalue weighted by molar-refractivity contribution is 7.80. The summed E-state index contributed by atoms with van der Waals surface area (Å²) >= 11 is 12.1. The first-order valence-electron chi connectivity index (χ1n) is 11.7. The summed E-state index contributed by atoms with van der Waals surface area (Å²) in [6.07, 6.45) is 4.81. The number of aryl methyl sites for hydroxylation is 1. The lowest BCUT2D eigenvalue weighted by Gasteiger charge is -2.43. The molecule has 182 valence electrons. The molecule has 0 bridgehead atoms. The molecule has 7 heteroatoms. The Kier molecular flexibility index (Phi) is 6.64. The monoisotopic (exact) mass is 507 g/mol. The van der Waals surface area contributed by atoms with Gasteiger partial charge in [0.25, 0.3) is 11.8 Å². The van der Waals surface area contributed by atoms with Crippen molar-refractivity contribution < 1.29 is 9.59 Å². The molecule has 2 aliphatic rings. The summed E-state index contributed by atoms with van der Waals surface area (Å²) in [5, 5.41) is 3.22. The summed E-state index contributed by atoms with van der Waals surface area (Å²) in [5.74, 6) is -1.00. The Morgan fingerprint density at radius 2 is 1.83 bits per heavy atom. The molecule has 0 radical (unpaired) electrons. The minimum absolute atomic E-state index is 0.00968. The van der Waals surface area contributed by atoms with E-state index < -0.39 is 11.8 Å². The molecule has 0 unspecified atom stereocenters. The van der Waals surface area contributed by atoms with Crippen molar-refractivity contribution >= 4 is 63.8 Å². The smallest absolute Gasteiger partial charge is 0.270 e. The van der Waals surface area contributed by atoms with E-state index in [0.29, 0.717) is 16.3 Å². The average molecular weight is 508 g/mol. The van der Waals surface area contributed by atoms with Crippen LogP contribution in [-0.2, 0) is 9.59 Å². The molecule has 1 saturated heterocycles. The van der Waals surface area contributed by atoms with E-state index in [4.69, 9.17) is 23.8 Å². The molecule has 0 aliphatic carbocycles. The van der Waals surface area contributed by atoms with Crippen molar-refractivity contribution in [3.8, 4) is 0 Å². The number of anilines is 2. The van der Waals surface area contributed by atoms with Crippen molar-refractivity contribution in [1.82, 2.24) is 5.32 Å². The molecule has 5 nitrogen and oxygen atoms in total.